The van der Waals surface area contributed by atoms with Gasteiger partial charge in [0.05, 0.1) is 0 Å². The molecule has 0 atom stereocenters. The molecule has 0 bridgehead atoms. The van der Waals surface area contributed by atoms with Gasteiger partial charge in [0, 0.05) is 34.1 Å². The molecule has 0 amide bonds. The second kappa shape index (κ2) is 13.4. The Morgan fingerprint density at radius 1 is 0.403 bits per heavy atom. The van der Waals surface area contributed by atoms with E-state index in [9.17, 15) is 0 Å². The van der Waals surface area contributed by atoms with Gasteiger partial charge in [-0.25, -0.2) is 0 Å². The Bertz CT molecular complexity index is 2660. The highest BCUT2D eigenvalue weighted by atomic mass is 15.2. The van der Waals surface area contributed by atoms with Gasteiger partial charge < -0.3 is 9.80 Å². The van der Waals surface area contributed by atoms with Gasteiger partial charge in [-0.05, 0) is 174 Å². The summed E-state index contributed by atoms with van der Waals surface area (Å²) in [6, 6.07) is 32.8. The van der Waals surface area contributed by atoms with Crippen molar-refractivity contribution in [2.45, 2.75) is 188 Å². The number of hydrogen-bond donors (Lipinski definition) is 0. The van der Waals surface area contributed by atoms with Crippen LogP contribution in [0.1, 0.15) is 188 Å². The van der Waals surface area contributed by atoms with Gasteiger partial charge in [-0.3, -0.25) is 0 Å². The Kier molecular flexibility index (Phi) is 9.30. The van der Waals surface area contributed by atoms with E-state index in [1.54, 1.807) is 0 Å². The fourth-order valence-corrected chi connectivity index (χ4v) is 11.6. The van der Waals surface area contributed by atoms with Crippen molar-refractivity contribution in [2.75, 3.05) is 9.80 Å². The normalized spacial score (nSPS) is 19.3. The third-order valence-corrected chi connectivity index (χ3v) is 16.2. The molecule has 4 aliphatic rings. The Hall–Kier alpha value is -4.24. The summed E-state index contributed by atoms with van der Waals surface area (Å²) in [6.07, 6.45) is 4.78. The molecule has 2 nitrogen and oxygen atoms in total. The van der Waals surface area contributed by atoms with E-state index in [-0.39, 0.29) is 44.6 Å². The maximum atomic E-state index is 2.72. The molecule has 2 aliphatic heterocycles. The minimum absolute atomic E-state index is 0.00154. The SMILES string of the molecule is Cc1cc(C(C)(C)C)ccc1N1c2ccc(C(C)(C)C)cc2B2c3cc4c(cc3N(c3ccc5c(c3)C(C)(C)CCC5(C)C)c3cc(C(C)(C)C)cc1c32)C(C)(C)CCC4(C)C. The third kappa shape index (κ3) is 6.64. The van der Waals surface area contributed by atoms with Gasteiger partial charge in [0.1, 0.15) is 0 Å². The van der Waals surface area contributed by atoms with Crippen LogP contribution in [0.15, 0.2) is 78.9 Å². The molecule has 0 N–H and O–H groups in total. The van der Waals surface area contributed by atoms with Crippen LogP contribution in [0.2, 0.25) is 0 Å². The molecule has 5 aromatic rings. The summed E-state index contributed by atoms with van der Waals surface area (Å²) in [5.41, 5.74) is 24.0. The standard InChI is InChI=1S/C59H75BN2/c1-36-29-37(53(2,3)4)19-23-47(36)62-48-24-20-38(54(5,6)7)30-45(48)60-46-34-43-44(59(17,18)28-27-58(43,15)16)35-49(46)61(50-31-39(55(8,9)10)32-51(62)52(50)60)40-21-22-41-42(33-40)57(13,14)26-25-56(41,11)12/h19-24,29-35H,25-28H2,1-18H3. The molecule has 3 heteroatoms. The van der Waals surface area contributed by atoms with Crippen LogP contribution < -0.4 is 26.2 Å². The van der Waals surface area contributed by atoms with Crippen molar-refractivity contribution in [1.29, 1.82) is 0 Å². The predicted molar refractivity (Wildman–Crippen MR) is 272 cm³/mol. The number of benzene rings is 5. The molecule has 0 aromatic heterocycles. The summed E-state index contributed by atoms with van der Waals surface area (Å²) in [4.78, 5) is 5.38. The summed E-state index contributed by atoms with van der Waals surface area (Å²) in [7, 11) is 0. The summed E-state index contributed by atoms with van der Waals surface area (Å²) in [5, 5.41) is 0. The summed E-state index contributed by atoms with van der Waals surface area (Å²) in [5.74, 6) is 0. The van der Waals surface area contributed by atoms with Crippen LogP contribution in [-0.4, -0.2) is 6.71 Å². The van der Waals surface area contributed by atoms with Crippen LogP contribution in [0.3, 0.4) is 0 Å². The van der Waals surface area contributed by atoms with E-state index in [1.807, 2.05) is 0 Å². The molecular formula is C59H75BN2. The van der Waals surface area contributed by atoms with Crippen molar-refractivity contribution in [3.05, 3.63) is 123 Å². The first-order valence-corrected chi connectivity index (χ1v) is 23.9. The summed E-state index contributed by atoms with van der Waals surface area (Å²) in [6.45, 7) is 43.5. The quantitative estimate of drug-likeness (QED) is 0.160. The summed E-state index contributed by atoms with van der Waals surface area (Å²) >= 11 is 0. The molecule has 0 spiro atoms. The molecule has 2 heterocycles. The molecule has 0 saturated carbocycles. The molecular weight excluding hydrogens is 747 g/mol. The first-order chi connectivity index (χ1) is 28.5. The monoisotopic (exact) mass is 823 g/mol. The molecule has 9 rings (SSSR count). The topological polar surface area (TPSA) is 6.48 Å². The molecule has 324 valence electrons. The number of anilines is 6. The van der Waals surface area contributed by atoms with Crippen LogP contribution >= 0.6 is 0 Å². The van der Waals surface area contributed by atoms with Crippen LogP contribution in [0.4, 0.5) is 34.1 Å². The van der Waals surface area contributed by atoms with Crippen molar-refractivity contribution in [3.8, 4) is 0 Å². The Morgan fingerprint density at radius 2 is 0.855 bits per heavy atom. The van der Waals surface area contributed by atoms with E-state index >= 15 is 0 Å². The molecule has 0 fully saturated rings. The minimum atomic E-state index is -0.0795. The second-order valence-corrected chi connectivity index (χ2v) is 25.8. The van der Waals surface area contributed by atoms with E-state index in [4.69, 9.17) is 0 Å². The van der Waals surface area contributed by atoms with E-state index in [1.165, 1.54) is 121 Å². The lowest BCUT2D eigenvalue weighted by molar-refractivity contribution is 0.332. The smallest absolute Gasteiger partial charge is 0.252 e. The number of aryl methyl sites for hydroxylation is 1. The zero-order chi connectivity index (χ0) is 45.1. The van der Waals surface area contributed by atoms with E-state index in [0.29, 0.717) is 0 Å². The number of fused-ring (bicyclic) bond motifs is 6. The zero-order valence-corrected chi connectivity index (χ0v) is 41.8. The lowest BCUT2D eigenvalue weighted by Crippen LogP contribution is -2.62. The first kappa shape index (κ1) is 43.0. The minimum Gasteiger partial charge on any atom is -0.311 e. The highest BCUT2D eigenvalue weighted by Crippen LogP contribution is 2.53. The first-order valence-electron chi connectivity index (χ1n) is 23.9. The largest absolute Gasteiger partial charge is 0.311 e. The Morgan fingerprint density at radius 3 is 1.39 bits per heavy atom. The lowest BCUT2D eigenvalue weighted by atomic mass is 9.32. The van der Waals surface area contributed by atoms with E-state index < -0.39 is 0 Å². The number of rotatable bonds is 2. The number of hydrogen-bond acceptors (Lipinski definition) is 2. The van der Waals surface area contributed by atoms with Crippen LogP contribution in [0.5, 0.6) is 0 Å². The van der Waals surface area contributed by atoms with Gasteiger partial charge in [-0.1, -0.05) is 154 Å². The molecule has 0 radical (unpaired) electrons. The number of nitrogens with zero attached hydrogens (tertiary/aromatic N) is 2. The van der Waals surface area contributed by atoms with E-state index in [0.717, 1.165) is 0 Å². The van der Waals surface area contributed by atoms with Crippen LogP contribution in [-0.2, 0) is 37.9 Å². The van der Waals surface area contributed by atoms with Crippen molar-refractivity contribution >= 4 is 57.2 Å². The van der Waals surface area contributed by atoms with Crippen molar-refractivity contribution in [2.24, 2.45) is 0 Å². The highest BCUT2D eigenvalue weighted by molar-refractivity contribution is 7.00. The average molecular weight is 823 g/mol. The van der Waals surface area contributed by atoms with Gasteiger partial charge in [-0.2, -0.15) is 0 Å². The lowest BCUT2D eigenvalue weighted by Gasteiger charge is -2.48. The molecule has 0 unspecified atom stereocenters. The fourth-order valence-electron chi connectivity index (χ4n) is 11.6. The van der Waals surface area contributed by atoms with E-state index in [2.05, 4.69) is 213 Å². The van der Waals surface area contributed by atoms with Crippen LogP contribution in [0.25, 0.3) is 0 Å². The van der Waals surface area contributed by atoms with Gasteiger partial charge in [-0.15, -0.1) is 0 Å². The summed E-state index contributed by atoms with van der Waals surface area (Å²) < 4.78 is 0. The van der Waals surface area contributed by atoms with Gasteiger partial charge in [0.25, 0.3) is 6.71 Å². The van der Waals surface area contributed by atoms with Gasteiger partial charge in [0.2, 0.25) is 0 Å². The second-order valence-electron chi connectivity index (χ2n) is 25.8. The molecule has 5 aromatic carbocycles. The van der Waals surface area contributed by atoms with Crippen molar-refractivity contribution in [3.63, 3.8) is 0 Å². The predicted octanol–water partition coefficient (Wildman–Crippen LogP) is 14.7. The van der Waals surface area contributed by atoms with Crippen molar-refractivity contribution < 1.29 is 0 Å². The van der Waals surface area contributed by atoms with Crippen molar-refractivity contribution in [1.82, 2.24) is 0 Å². The van der Waals surface area contributed by atoms with Gasteiger partial charge >= 0.3 is 0 Å². The Balaban J connectivity index is 1.45. The average Bonchev–Trinajstić information content (AvgIpc) is 3.16. The fraction of sp³-hybridized carbons (Fsp3) is 0.492. The maximum Gasteiger partial charge on any atom is 0.252 e. The Labute approximate surface area is 377 Å². The molecule has 2 aliphatic carbocycles. The van der Waals surface area contributed by atoms with Crippen LogP contribution in [0, 0.1) is 6.92 Å². The third-order valence-electron chi connectivity index (χ3n) is 16.2. The molecule has 62 heavy (non-hydrogen) atoms. The van der Waals surface area contributed by atoms with Gasteiger partial charge in [0.15, 0.2) is 0 Å². The zero-order valence-electron chi connectivity index (χ0n) is 41.8. The molecule has 0 saturated heterocycles. The maximum absolute atomic E-state index is 2.72. The highest BCUT2D eigenvalue weighted by Gasteiger charge is 2.48.